The second-order valence-corrected chi connectivity index (χ2v) is 7.14. The zero-order chi connectivity index (χ0) is 15.4. The van der Waals surface area contributed by atoms with Crippen LogP contribution in [0, 0.1) is 0 Å². The molecular formula is C15H18N2O3S2. The number of thiazole rings is 1. The number of ether oxygens (including phenoxy) is 1. The summed E-state index contributed by atoms with van der Waals surface area (Å²) in [6, 6.07) is 2.14. The van der Waals surface area contributed by atoms with E-state index in [0.717, 1.165) is 40.9 Å². The summed E-state index contributed by atoms with van der Waals surface area (Å²) < 4.78 is 9.91. The third-order valence-corrected chi connectivity index (χ3v) is 5.70. The second-order valence-electron chi connectivity index (χ2n) is 5.14. The number of aromatic nitrogens is 1. The Kier molecular flexibility index (Phi) is 5.17. The number of carbonyl (C=O) groups is 1. The minimum atomic E-state index is -0.144. The van der Waals surface area contributed by atoms with Crippen LogP contribution in [0.25, 0.3) is 10.6 Å². The van der Waals surface area contributed by atoms with Gasteiger partial charge in [-0.1, -0.05) is 0 Å². The number of nitrogens with zero attached hydrogens (tertiary/aromatic N) is 2. The van der Waals surface area contributed by atoms with E-state index in [9.17, 15) is 4.79 Å². The van der Waals surface area contributed by atoms with Crippen molar-refractivity contribution in [2.45, 2.75) is 19.0 Å². The van der Waals surface area contributed by atoms with Gasteiger partial charge in [-0.3, -0.25) is 9.69 Å². The van der Waals surface area contributed by atoms with Crippen molar-refractivity contribution in [3.05, 3.63) is 29.7 Å². The van der Waals surface area contributed by atoms with Crippen molar-refractivity contribution in [3.8, 4) is 10.6 Å². The fourth-order valence-electron chi connectivity index (χ4n) is 2.47. The molecule has 1 aliphatic heterocycles. The van der Waals surface area contributed by atoms with Crippen molar-refractivity contribution in [1.29, 1.82) is 0 Å². The van der Waals surface area contributed by atoms with E-state index in [1.165, 1.54) is 7.11 Å². The molecule has 0 aromatic carbocycles. The lowest BCUT2D eigenvalue weighted by molar-refractivity contribution is -0.141. The summed E-state index contributed by atoms with van der Waals surface area (Å²) in [5.41, 5.74) is 2.06. The number of methoxy groups -OCH3 is 1. The van der Waals surface area contributed by atoms with Gasteiger partial charge in [-0.15, -0.1) is 11.3 Å². The van der Waals surface area contributed by atoms with Crippen molar-refractivity contribution >= 4 is 29.1 Å². The average Bonchev–Trinajstić information content (AvgIpc) is 3.20. The van der Waals surface area contributed by atoms with Crippen molar-refractivity contribution in [3.63, 3.8) is 0 Å². The van der Waals surface area contributed by atoms with Crippen LogP contribution in [0.1, 0.15) is 12.1 Å². The number of esters is 1. The first kappa shape index (κ1) is 15.6. The highest BCUT2D eigenvalue weighted by molar-refractivity contribution is 7.99. The molecule has 1 saturated heterocycles. The summed E-state index contributed by atoms with van der Waals surface area (Å²) in [4.78, 5) is 18.6. The van der Waals surface area contributed by atoms with E-state index in [4.69, 9.17) is 9.15 Å². The van der Waals surface area contributed by atoms with E-state index in [0.29, 0.717) is 6.42 Å². The number of rotatable bonds is 5. The zero-order valence-corrected chi connectivity index (χ0v) is 14.0. The summed E-state index contributed by atoms with van der Waals surface area (Å²) in [6.07, 6.45) is 3.81. The quantitative estimate of drug-likeness (QED) is 0.782. The SMILES string of the molecule is COC(=O)C[C@@H]1CSCCN1Cc1csc(-c2ccoc2)n1. The molecule has 7 heteroatoms. The summed E-state index contributed by atoms with van der Waals surface area (Å²) in [7, 11) is 1.44. The number of hydrogen-bond acceptors (Lipinski definition) is 7. The molecule has 0 amide bonds. The highest BCUT2D eigenvalue weighted by atomic mass is 32.2. The Balaban J connectivity index is 1.66. The molecule has 1 atom stereocenters. The standard InChI is InChI=1S/C15H18N2O3S2/c1-19-14(18)6-13-10-21-5-3-17(13)7-12-9-22-15(16-12)11-2-4-20-8-11/h2,4,8-9,13H,3,5-7,10H2,1H3/t13-/m1/s1. The van der Waals surface area contributed by atoms with Gasteiger partial charge in [0, 0.05) is 41.6 Å². The van der Waals surface area contributed by atoms with Gasteiger partial charge in [0.1, 0.15) is 11.3 Å². The van der Waals surface area contributed by atoms with Gasteiger partial charge < -0.3 is 9.15 Å². The Morgan fingerprint density at radius 3 is 3.27 bits per heavy atom. The molecule has 0 spiro atoms. The number of hydrogen-bond donors (Lipinski definition) is 0. The van der Waals surface area contributed by atoms with Crippen LogP contribution in [0.15, 0.2) is 28.4 Å². The lowest BCUT2D eigenvalue weighted by Gasteiger charge is -2.34. The van der Waals surface area contributed by atoms with Crippen LogP contribution in [-0.2, 0) is 16.1 Å². The van der Waals surface area contributed by atoms with Crippen molar-refractivity contribution < 1.29 is 13.9 Å². The van der Waals surface area contributed by atoms with Crippen LogP contribution in [0.5, 0.6) is 0 Å². The Labute approximate surface area is 137 Å². The molecule has 0 bridgehead atoms. The molecule has 0 unspecified atom stereocenters. The zero-order valence-electron chi connectivity index (χ0n) is 12.4. The first-order valence-corrected chi connectivity index (χ1v) is 9.15. The van der Waals surface area contributed by atoms with E-state index in [2.05, 4.69) is 15.3 Å². The number of thioether (sulfide) groups is 1. The fourth-order valence-corrected chi connectivity index (χ4v) is 4.40. The van der Waals surface area contributed by atoms with Gasteiger partial charge in [0.05, 0.1) is 25.5 Å². The largest absolute Gasteiger partial charge is 0.472 e. The van der Waals surface area contributed by atoms with Crippen LogP contribution < -0.4 is 0 Å². The van der Waals surface area contributed by atoms with Crippen LogP contribution >= 0.6 is 23.1 Å². The topological polar surface area (TPSA) is 55.6 Å². The minimum absolute atomic E-state index is 0.144. The van der Waals surface area contributed by atoms with Crippen LogP contribution in [-0.4, -0.2) is 47.1 Å². The molecule has 1 fully saturated rings. The summed E-state index contributed by atoms with van der Waals surface area (Å²) >= 11 is 3.51. The highest BCUT2D eigenvalue weighted by Crippen LogP contribution is 2.26. The Morgan fingerprint density at radius 2 is 2.50 bits per heavy atom. The van der Waals surface area contributed by atoms with Crippen molar-refractivity contribution in [1.82, 2.24) is 9.88 Å². The third kappa shape index (κ3) is 3.71. The normalized spacial score (nSPS) is 19.2. The molecule has 118 valence electrons. The molecule has 2 aromatic heterocycles. The maximum atomic E-state index is 11.6. The smallest absolute Gasteiger partial charge is 0.307 e. The number of furan rings is 1. The van der Waals surface area contributed by atoms with E-state index >= 15 is 0 Å². The van der Waals surface area contributed by atoms with E-state index in [1.54, 1.807) is 23.9 Å². The molecular weight excluding hydrogens is 320 g/mol. The third-order valence-electron chi connectivity index (χ3n) is 3.66. The predicted octanol–water partition coefficient (Wildman–Crippen LogP) is 2.88. The Hall–Kier alpha value is -1.31. The summed E-state index contributed by atoms with van der Waals surface area (Å²) in [6.45, 7) is 1.75. The average molecular weight is 338 g/mol. The molecule has 0 saturated carbocycles. The number of carbonyl (C=O) groups excluding carboxylic acids is 1. The van der Waals surface area contributed by atoms with Crippen molar-refractivity contribution in [2.75, 3.05) is 25.2 Å². The maximum absolute atomic E-state index is 11.6. The van der Waals surface area contributed by atoms with E-state index in [1.807, 2.05) is 17.8 Å². The molecule has 1 aliphatic rings. The van der Waals surface area contributed by atoms with Crippen LogP contribution in [0.4, 0.5) is 0 Å². The van der Waals surface area contributed by atoms with Crippen molar-refractivity contribution in [2.24, 2.45) is 0 Å². The lowest BCUT2D eigenvalue weighted by atomic mass is 10.2. The van der Waals surface area contributed by atoms with E-state index < -0.39 is 0 Å². The molecule has 0 N–H and O–H groups in total. The minimum Gasteiger partial charge on any atom is -0.472 e. The first-order valence-electron chi connectivity index (χ1n) is 7.12. The first-order chi connectivity index (χ1) is 10.8. The van der Waals surface area contributed by atoms with Gasteiger partial charge >= 0.3 is 5.97 Å². The summed E-state index contributed by atoms with van der Waals surface area (Å²) in [5, 5.41) is 3.05. The maximum Gasteiger partial charge on any atom is 0.307 e. The molecule has 3 rings (SSSR count). The monoisotopic (exact) mass is 338 g/mol. The highest BCUT2D eigenvalue weighted by Gasteiger charge is 2.26. The second kappa shape index (κ2) is 7.30. The lowest BCUT2D eigenvalue weighted by Crippen LogP contribution is -2.43. The Bertz CT molecular complexity index is 612. The fraction of sp³-hybridized carbons (Fsp3) is 0.467. The van der Waals surface area contributed by atoms with Gasteiger partial charge in [-0.05, 0) is 6.07 Å². The van der Waals surface area contributed by atoms with Gasteiger partial charge in [0.2, 0.25) is 0 Å². The molecule has 2 aromatic rings. The predicted molar refractivity (Wildman–Crippen MR) is 88.0 cm³/mol. The summed E-state index contributed by atoms with van der Waals surface area (Å²) in [5.74, 6) is 1.92. The van der Waals surface area contributed by atoms with Gasteiger partial charge in [0.25, 0.3) is 0 Å². The van der Waals surface area contributed by atoms with Gasteiger partial charge in [0.15, 0.2) is 0 Å². The Morgan fingerprint density at radius 1 is 1.59 bits per heavy atom. The molecule has 22 heavy (non-hydrogen) atoms. The van der Waals surface area contributed by atoms with Crippen LogP contribution in [0.2, 0.25) is 0 Å². The molecule has 5 nitrogen and oxygen atoms in total. The van der Waals surface area contributed by atoms with Crippen LogP contribution in [0.3, 0.4) is 0 Å². The molecule has 0 radical (unpaired) electrons. The van der Waals surface area contributed by atoms with Gasteiger partial charge in [-0.25, -0.2) is 4.98 Å². The van der Waals surface area contributed by atoms with Gasteiger partial charge in [-0.2, -0.15) is 11.8 Å². The molecule has 3 heterocycles. The molecule has 0 aliphatic carbocycles. The van der Waals surface area contributed by atoms with E-state index in [-0.39, 0.29) is 12.0 Å².